The third-order valence-electron chi connectivity index (χ3n) is 3.54. The largest absolute Gasteiger partial charge is 0.462 e. The molecule has 6 heteroatoms. The van der Waals surface area contributed by atoms with E-state index in [1.165, 1.54) is 16.9 Å². The highest BCUT2D eigenvalue weighted by Gasteiger charge is 2.28. The summed E-state index contributed by atoms with van der Waals surface area (Å²) in [7, 11) is 0. The predicted octanol–water partition coefficient (Wildman–Crippen LogP) is 4.08. The Bertz CT molecular complexity index is 849. The number of carbonyl (C=O) groups is 1. The van der Waals surface area contributed by atoms with Crippen molar-refractivity contribution in [3.05, 3.63) is 71.4 Å². The van der Waals surface area contributed by atoms with E-state index in [2.05, 4.69) is 12.1 Å². The molecule has 2 heterocycles. The lowest BCUT2D eigenvalue weighted by molar-refractivity contribution is -0.596. The standard InChI is InChI=1S/C19H18N2O2S2/c1-2-23-18(22)17-15(20)16(21-11-7-4-8-12-21)19(25-17)24-13-14-9-5-3-6-10-14/h3-12H,2,13H2,1H3,(H-,20,22)/p+1. The Hall–Kier alpha value is -2.31. The summed E-state index contributed by atoms with van der Waals surface area (Å²) in [5.41, 5.74) is 8.85. The number of hydrogen-bond donors (Lipinski definition) is 1. The normalized spacial score (nSPS) is 10.6. The molecule has 2 N–H and O–H groups in total. The molecule has 25 heavy (non-hydrogen) atoms. The van der Waals surface area contributed by atoms with Gasteiger partial charge in [0, 0.05) is 17.9 Å². The molecule has 0 spiro atoms. The number of thioether (sulfide) groups is 1. The molecule has 128 valence electrons. The van der Waals surface area contributed by atoms with Gasteiger partial charge in [0.25, 0.3) is 5.69 Å². The zero-order chi connectivity index (χ0) is 17.6. The van der Waals surface area contributed by atoms with Crippen molar-refractivity contribution in [3.8, 4) is 5.69 Å². The fraction of sp³-hybridized carbons (Fsp3) is 0.158. The maximum Gasteiger partial charge on any atom is 0.350 e. The molecule has 0 unspecified atom stereocenters. The van der Waals surface area contributed by atoms with Crippen LogP contribution in [0.15, 0.2) is 65.1 Å². The molecule has 0 saturated heterocycles. The number of esters is 1. The van der Waals surface area contributed by atoms with E-state index in [-0.39, 0.29) is 5.97 Å². The van der Waals surface area contributed by atoms with Gasteiger partial charge in [0.1, 0.15) is 14.8 Å². The van der Waals surface area contributed by atoms with Crippen molar-refractivity contribution < 1.29 is 14.1 Å². The highest BCUT2D eigenvalue weighted by molar-refractivity contribution is 8.00. The fourth-order valence-corrected chi connectivity index (χ4v) is 4.73. The molecule has 0 atom stereocenters. The van der Waals surface area contributed by atoms with E-state index in [1.54, 1.807) is 18.7 Å². The van der Waals surface area contributed by atoms with Gasteiger partial charge in [-0.15, -0.1) is 23.1 Å². The minimum absolute atomic E-state index is 0.330. The van der Waals surface area contributed by atoms with Gasteiger partial charge < -0.3 is 10.5 Å². The molecule has 0 aliphatic heterocycles. The van der Waals surface area contributed by atoms with E-state index in [9.17, 15) is 4.79 Å². The zero-order valence-corrected chi connectivity index (χ0v) is 15.5. The maximum atomic E-state index is 12.2. The van der Waals surface area contributed by atoms with Crippen LogP contribution < -0.4 is 10.3 Å². The van der Waals surface area contributed by atoms with Crippen LogP contribution in [0, 0.1) is 0 Å². The van der Waals surface area contributed by atoms with Crippen molar-refractivity contribution in [1.29, 1.82) is 0 Å². The summed E-state index contributed by atoms with van der Waals surface area (Å²) in [4.78, 5) is 12.7. The first-order valence-electron chi connectivity index (χ1n) is 7.93. The highest BCUT2D eigenvalue weighted by atomic mass is 32.2. The topological polar surface area (TPSA) is 56.2 Å². The number of nitrogens with two attached hydrogens (primary N) is 1. The maximum absolute atomic E-state index is 12.2. The van der Waals surface area contributed by atoms with Crippen LogP contribution >= 0.6 is 23.1 Å². The highest BCUT2D eigenvalue weighted by Crippen LogP contribution is 2.40. The summed E-state index contributed by atoms with van der Waals surface area (Å²) in [6.45, 7) is 2.12. The predicted molar refractivity (Wildman–Crippen MR) is 102 cm³/mol. The minimum Gasteiger partial charge on any atom is -0.462 e. The van der Waals surface area contributed by atoms with Crippen LogP contribution in [-0.4, -0.2) is 12.6 Å². The zero-order valence-electron chi connectivity index (χ0n) is 13.8. The summed E-state index contributed by atoms with van der Waals surface area (Å²) in [6.07, 6.45) is 3.86. The van der Waals surface area contributed by atoms with E-state index in [1.807, 2.05) is 53.4 Å². The molecule has 0 amide bonds. The summed E-state index contributed by atoms with van der Waals surface area (Å²) in [6, 6.07) is 16.0. The third kappa shape index (κ3) is 4.03. The number of rotatable bonds is 6. The number of thiophene rings is 1. The Morgan fingerprint density at radius 3 is 2.52 bits per heavy atom. The number of hydrogen-bond acceptors (Lipinski definition) is 5. The molecule has 0 radical (unpaired) electrons. The van der Waals surface area contributed by atoms with Crippen LogP contribution in [0.2, 0.25) is 0 Å². The van der Waals surface area contributed by atoms with Gasteiger partial charge in [-0.3, -0.25) is 0 Å². The SMILES string of the molecule is CCOC(=O)c1sc(SCc2ccccc2)c(-[n+]2ccccc2)c1N. The first-order valence-corrected chi connectivity index (χ1v) is 9.73. The first kappa shape index (κ1) is 17.5. The number of pyridine rings is 1. The van der Waals surface area contributed by atoms with E-state index < -0.39 is 0 Å². The molecule has 4 nitrogen and oxygen atoms in total. The van der Waals surface area contributed by atoms with Gasteiger partial charge in [-0.25, -0.2) is 4.79 Å². The smallest absolute Gasteiger partial charge is 0.350 e. The summed E-state index contributed by atoms with van der Waals surface area (Å²) in [5.74, 6) is 0.443. The van der Waals surface area contributed by atoms with E-state index in [0.29, 0.717) is 17.2 Å². The lowest BCUT2D eigenvalue weighted by Gasteiger charge is -2.01. The molecule has 3 rings (SSSR count). The average molecular weight is 372 g/mol. The molecule has 1 aromatic carbocycles. The molecule has 0 bridgehead atoms. The second-order valence-electron chi connectivity index (χ2n) is 5.26. The van der Waals surface area contributed by atoms with Crippen molar-refractivity contribution in [2.24, 2.45) is 0 Å². The van der Waals surface area contributed by atoms with Crippen molar-refractivity contribution in [2.45, 2.75) is 16.9 Å². The van der Waals surface area contributed by atoms with Crippen LogP contribution in [0.4, 0.5) is 5.69 Å². The third-order valence-corrected chi connectivity index (χ3v) is 6.04. The van der Waals surface area contributed by atoms with E-state index in [0.717, 1.165) is 15.6 Å². The van der Waals surface area contributed by atoms with Gasteiger partial charge in [-0.05, 0) is 12.5 Å². The summed E-state index contributed by atoms with van der Waals surface area (Å²) < 4.78 is 8.10. The number of nitrogen functional groups attached to an aromatic ring is 1. The minimum atomic E-state index is -0.366. The molecule has 2 aromatic heterocycles. The number of ether oxygens (including phenoxy) is 1. The average Bonchev–Trinajstić information content (AvgIpc) is 2.98. The van der Waals surface area contributed by atoms with Crippen LogP contribution in [0.3, 0.4) is 0 Å². The fourth-order valence-electron chi connectivity index (χ4n) is 2.37. The monoisotopic (exact) mass is 371 g/mol. The molecule has 0 fully saturated rings. The molecule has 3 aromatic rings. The molecular formula is C19H19N2O2S2+. The Kier molecular flexibility index (Phi) is 5.73. The number of nitrogens with zero attached hydrogens (tertiary/aromatic N) is 1. The number of aromatic nitrogens is 1. The number of carbonyl (C=O) groups excluding carboxylic acids is 1. The quantitative estimate of drug-likeness (QED) is 0.403. The summed E-state index contributed by atoms with van der Waals surface area (Å²) >= 11 is 3.07. The van der Waals surface area contributed by atoms with Gasteiger partial charge in [-0.1, -0.05) is 36.4 Å². The van der Waals surface area contributed by atoms with Gasteiger partial charge in [-0.2, -0.15) is 4.57 Å². The van der Waals surface area contributed by atoms with Crippen molar-refractivity contribution in [2.75, 3.05) is 12.3 Å². The van der Waals surface area contributed by atoms with Crippen LogP contribution in [0.1, 0.15) is 22.2 Å². The van der Waals surface area contributed by atoms with Crippen molar-refractivity contribution in [3.63, 3.8) is 0 Å². The van der Waals surface area contributed by atoms with Gasteiger partial charge >= 0.3 is 5.97 Å². The van der Waals surface area contributed by atoms with Gasteiger partial charge in [0.15, 0.2) is 12.4 Å². The van der Waals surface area contributed by atoms with Crippen molar-refractivity contribution >= 4 is 34.8 Å². The Labute approximate surface area is 155 Å². The number of benzene rings is 1. The van der Waals surface area contributed by atoms with Crippen LogP contribution in [0.25, 0.3) is 5.69 Å². The van der Waals surface area contributed by atoms with E-state index >= 15 is 0 Å². The van der Waals surface area contributed by atoms with Crippen LogP contribution in [0.5, 0.6) is 0 Å². The molecule has 0 aliphatic rings. The lowest BCUT2D eigenvalue weighted by atomic mass is 10.2. The Morgan fingerprint density at radius 1 is 1.16 bits per heavy atom. The van der Waals surface area contributed by atoms with Gasteiger partial charge in [0.05, 0.1) is 6.61 Å². The Balaban J connectivity index is 1.97. The summed E-state index contributed by atoms with van der Waals surface area (Å²) in [5, 5.41) is 0. The van der Waals surface area contributed by atoms with Gasteiger partial charge in [0.2, 0.25) is 0 Å². The first-order chi connectivity index (χ1) is 12.2. The molecule has 0 saturated carbocycles. The van der Waals surface area contributed by atoms with Crippen molar-refractivity contribution in [1.82, 2.24) is 0 Å². The lowest BCUT2D eigenvalue weighted by Crippen LogP contribution is -2.30. The second-order valence-corrected chi connectivity index (χ2v) is 7.52. The Morgan fingerprint density at radius 2 is 1.84 bits per heavy atom. The second kappa shape index (κ2) is 8.18. The van der Waals surface area contributed by atoms with Crippen LogP contribution in [-0.2, 0) is 10.5 Å². The molecular weight excluding hydrogens is 352 g/mol. The van der Waals surface area contributed by atoms with E-state index in [4.69, 9.17) is 10.5 Å². The molecule has 0 aliphatic carbocycles. The number of anilines is 1.